The zero-order valence-corrected chi connectivity index (χ0v) is 13.0. The summed E-state index contributed by atoms with van der Waals surface area (Å²) in [6.07, 6.45) is 0. The average molecular weight is 340 g/mol. The molecule has 114 valence electrons. The van der Waals surface area contributed by atoms with Gasteiger partial charge in [-0.2, -0.15) is 0 Å². The Balaban J connectivity index is 1.88. The van der Waals surface area contributed by atoms with E-state index >= 15 is 0 Å². The van der Waals surface area contributed by atoms with Crippen molar-refractivity contribution in [2.75, 3.05) is 5.75 Å². The van der Waals surface area contributed by atoms with Crippen LogP contribution >= 0.6 is 23.4 Å². The van der Waals surface area contributed by atoms with Gasteiger partial charge in [0.25, 0.3) is 0 Å². The molecule has 2 aromatic carbocycles. The maximum absolute atomic E-state index is 13.8. The highest BCUT2D eigenvalue weighted by atomic mass is 35.5. The van der Waals surface area contributed by atoms with Crippen molar-refractivity contribution in [3.63, 3.8) is 0 Å². The topological polar surface area (TPSA) is 20.3 Å². The number of amides is 1. The van der Waals surface area contributed by atoms with Crippen LogP contribution in [0.2, 0.25) is 5.02 Å². The molecule has 22 heavy (non-hydrogen) atoms. The standard InChI is InChI=1S/C16H12ClF2NOS/c17-12-6-4-10(5-7-12)16-20(14(21)9-22-16)8-11-2-1-3-13(18)15(11)19/h1-7,16H,8-9H2. The van der Waals surface area contributed by atoms with E-state index in [0.717, 1.165) is 11.6 Å². The molecule has 0 spiro atoms. The van der Waals surface area contributed by atoms with Gasteiger partial charge in [0.15, 0.2) is 11.6 Å². The average Bonchev–Trinajstić information content (AvgIpc) is 2.86. The Bertz CT molecular complexity index is 708. The van der Waals surface area contributed by atoms with Gasteiger partial charge in [-0.1, -0.05) is 35.9 Å². The molecule has 1 unspecified atom stereocenters. The SMILES string of the molecule is O=C1CSC(c2ccc(Cl)cc2)N1Cc1cccc(F)c1F. The predicted molar refractivity (Wildman–Crippen MR) is 83.6 cm³/mol. The third kappa shape index (κ3) is 2.96. The third-order valence-corrected chi connectivity index (χ3v) is 5.00. The van der Waals surface area contributed by atoms with Gasteiger partial charge in [0.2, 0.25) is 5.91 Å². The minimum Gasteiger partial charge on any atom is -0.321 e. The Morgan fingerprint density at radius 2 is 1.91 bits per heavy atom. The number of carbonyl (C=O) groups is 1. The first-order valence-electron chi connectivity index (χ1n) is 6.65. The summed E-state index contributed by atoms with van der Waals surface area (Å²) in [6, 6.07) is 11.2. The Morgan fingerprint density at radius 1 is 1.18 bits per heavy atom. The van der Waals surface area contributed by atoms with Crippen molar-refractivity contribution in [3.05, 3.63) is 70.2 Å². The molecule has 1 saturated heterocycles. The number of rotatable bonds is 3. The van der Waals surface area contributed by atoms with Crippen LogP contribution in [0.4, 0.5) is 8.78 Å². The lowest BCUT2D eigenvalue weighted by Gasteiger charge is -2.24. The van der Waals surface area contributed by atoms with E-state index in [4.69, 9.17) is 11.6 Å². The summed E-state index contributed by atoms with van der Waals surface area (Å²) >= 11 is 7.34. The van der Waals surface area contributed by atoms with Crippen LogP contribution in [0.3, 0.4) is 0 Å². The fourth-order valence-electron chi connectivity index (χ4n) is 2.38. The molecule has 1 heterocycles. The molecule has 1 fully saturated rings. The molecular weight excluding hydrogens is 328 g/mol. The highest BCUT2D eigenvalue weighted by Crippen LogP contribution is 2.40. The predicted octanol–water partition coefficient (Wildman–Crippen LogP) is 4.39. The first-order chi connectivity index (χ1) is 10.6. The number of halogens is 3. The van der Waals surface area contributed by atoms with E-state index in [1.165, 1.54) is 23.9 Å². The summed E-state index contributed by atoms with van der Waals surface area (Å²) in [7, 11) is 0. The lowest BCUT2D eigenvalue weighted by Crippen LogP contribution is -2.28. The molecule has 0 N–H and O–H groups in total. The molecule has 1 aliphatic rings. The second kappa shape index (κ2) is 6.26. The molecule has 0 saturated carbocycles. The number of hydrogen-bond donors (Lipinski definition) is 0. The van der Waals surface area contributed by atoms with Gasteiger partial charge in [-0.15, -0.1) is 11.8 Å². The van der Waals surface area contributed by atoms with Crippen molar-refractivity contribution in [1.29, 1.82) is 0 Å². The number of carbonyl (C=O) groups excluding carboxylic acids is 1. The van der Waals surface area contributed by atoms with Gasteiger partial charge < -0.3 is 4.90 Å². The minimum absolute atomic E-state index is 0.0444. The van der Waals surface area contributed by atoms with Crippen LogP contribution in [0.25, 0.3) is 0 Å². The molecular formula is C16H12ClF2NOS. The molecule has 1 aliphatic heterocycles. The van der Waals surface area contributed by atoms with E-state index in [9.17, 15) is 13.6 Å². The van der Waals surface area contributed by atoms with E-state index in [-0.39, 0.29) is 23.4 Å². The number of nitrogens with zero attached hydrogens (tertiary/aromatic N) is 1. The molecule has 3 rings (SSSR count). The van der Waals surface area contributed by atoms with E-state index in [1.807, 2.05) is 12.1 Å². The van der Waals surface area contributed by atoms with Crippen LogP contribution in [0, 0.1) is 11.6 Å². The number of thioether (sulfide) groups is 1. The minimum atomic E-state index is -0.903. The van der Waals surface area contributed by atoms with Gasteiger partial charge in [-0.3, -0.25) is 4.79 Å². The van der Waals surface area contributed by atoms with Crippen molar-refractivity contribution in [2.24, 2.45) is 0 Å². The maximum atomic E-state index is 13.8. The van der Waals surface area contributed by atoms with Gasteiger partial charge in [0, 0.05) is 10.6 Å². The molecule has 0 aromatic heterocycles. The molecule has 2 nitrogen and oxygen atoms in total. The Labute approximate surface area is 136 Å². The lowest BCUT2D eigenvalue weighted by atomic mass is 10.1. The zero-order valence-electron chi connectivity index (χ0n) is 11.4. The highest BCUT2D eigenvalue weighted by Gasteiger charge is 2.33. The molecule has 1 amide bonds. The van der Waals surface area contributed by atoms with Gasteiger partial charge >= 0.3 is 0 Å². The Morgan fingerprint density at radius 3 is 2.64 bits per heavy atom. The molecule has 2 aromatic rings. The van der Waals surface area contributed by atoms with E-state index in [1.54, 1.807) is 17.0 Å². The van der Waals surface area contributed by atoms with Crippen LogP contribution < -0.4 is 0 Å². The second-order valence-corrected chi connectivity index (χ2v) is 6.45. The maximum Gasteiger partial charge on any atom is 0.234 e. The van der Waals surface area contributed by atoms with E-state index < -0.39 is 11.6 Å². The molecule has 0 bridgehead atoms. The van der Waals surface area contributed by atoms with Crippen LogP contribution in [0.1, 0.15) is 16.5 Å². The van der Waals surface area contributed by atoms with E-state index in [0.29, 0.717) is 10.8 Å². The monoisotopic (exact) mass is 339 g/mol. The summed E-state index contributed by atoms with van der Waals surface area (Å²) < 4.78 is 27.1. The van der Waals surface area contributed by atoms with Crippen LogP contribution in [0.5, 0.6) is 0 Å². The quantitative estimate of drug-likeness (QED) is 0.826. The summed E-state index contributed by atoms with van der Waals surface area (Å²) in [4.78, 5) is 13.6. The van der Waals surface area contributed by atoms with E-state index in [2.05, 4.69) is 0 Å². The first kappa shape index (κ1) is 15.3. The van der Waals surface area contributed by atoms with Gasteiger partial charge in [-0.05, 0) is 23.8 Å². The summed E-state index contributed by atoms with van der Waals surface area (Å²) in [5.41, 5.74) is 1.09. The number of benzene rings is 2. The van der Waals surface area contributed by atoms with Crippen molar-refractivity contribution < 1.29 is 13.6 Å². The molecule has 0 radical (unpaired) electrons. The summed E-state index contributed by atoms with van der Waals surface area (Å²) in [5.74, 6) is -1.57. The molecule has 6 heteroatoms. The van der Waals surface area contributed by atoms with Crippen molar-refractivity contribution in [1.82, 2.24) is 4.90 Å². The van der Waals surface area contributed by atoms with Crippen molar-refractivity contribution in [2.45, 2.75) is 11.9 Å². The van der Waals surface area contributed by atoms with Crippen LogP contribution in [0.15, 0.2) is 42.5 Å². The van der Waals surface area contributed by atoms with Crippen LogP contribution in [-0.2, 0) is 11.3 Å². The highest BCUT2D eigenvalue weighted by molar-refractivity contribution is 8.00. The second-order valence-electron chi connectivity index (χ2n) is 4.95. The molecule has 0 aliphatic carbocycles. The number of hydrogen-bond acceptors (Lipinski definition) is 2. The fourth-order valence-corrected chi connectivity index (χ4v) is 3.70. The third-order valence-electron chi connectivity index (χ3n) is 3.50. The molecule has 1 atom stereocenters. The summed E-state index contributed by atoms with van der Waals surface area (Å²) in [6.45, 7) is 0.0444. The van der Waals surface area contributed by atoms with Crippen molar-refractivity contribution >= 4 is 29.3 Å². The van der Waals surface area contributed by atoms with Crippen molar-refractivity contribution in [3.8, 4) is 0 Å². The van der Waals surface area contributed by atoms with Gasteiger partial charge in [0.05, 0.1) is 12.3 Å². The largest absolute Gasteiger partial charge is 0.321 e. The normalized spacial score (nSPS) is 18.0. The lowest BCUT2D eigenvalue weighted by molar-refractivity contribution is -0.128. The van der Waals surface area contributed by atoms with Crippen LogP contribution in [-0.4, -0.2) is 16.6 Å². The van der Waals surface area contributed by atoms with Gasteiger partial charge in [0.1, 0.15) is 5.37 Å². The smallest absolute Gasteiger partial charge is 0.234 e. The Kier molecular flexibility index (Phi) is 4.36. The zero-order chi connectivity index (χ0) is 15.7. The Hall–Kier alpha value is -1.59. The fraction of sp³-hybridized carbons (Fsp3) is 0.188. The van der Waals surface area contributed by atoms with Gasteiger partial charge in [-0.25, -0.2) is 8.78 Å². The first-order valence-corrected chi connectivity index (χ1v) is 8.08. The summed E-state index contributed by atoms with van der Waals surface area (Å²) in [5, 5.41) is 0.397.